The van der Waals surface area contributed by atoms with Crippen LogP contribution >= 0.6 is 11.6 Å². The number of rotatable bonds is 11. The van der Waals surface area contributed by atoms with E-state index in [-0.39, 0.29) is 30.8 Å². The van der Waals surface area contributed by atoms with Gasteiger partial charge < -0.3 is 18.9 Å². The molecule has 1 aliphatic rings. The minimum absolute atomic E-state index is 0.156. The SMILES string of the molecule is CC[C@H]1O[C@@H](c2ccc(Cl)c(Cc3ccc(OCCCS(=O)(=O)O)cc3)c2)[C@H](OC(C)=O)[C@@H](OC(C)=O)[C@@H]1C. The second-order valence-electron chi connectivity index (χ2n) is 9.67. The third-order valence-electron chi connectivity index (χ3n) is 6.59. The van der Waals surface area contributed by atoms with Crippen LogP contribution in [0, 0.1) is 5.92 Å². The molecule has 2 aromatic carbocycles. The van der Waals surface area contributed by atoms with Gasteiger partial charge in [0.2, 0.25) is 0 Å². The molecule has 0 aromatic heterocycles. The molecule has 0 spiro atoms. The Bertz CT molecular complexity index is 1250. The smallest absolute Gasteiger partial charge is 0.303 e. The van der Waals surface area contributed by atoms with Crippen molar-refractivity contribution >= 4 is 33.7 Å². The lowest BCUT2D eigenvalue weighted by atomic mass is 9.84. The van der Waals surface area contributed by atoms with Gasteiger partial charge in [0.1, 0.15) is 18.0 Å². The highest BCUT2D eigenvalue weighted by molar-refractivity contribution is 7.85. The number of esters is 2. The van der Waals surface area contributed by atoms with Gasteiger partial charge in [-0.05, 0) is 54.2 Å². The molecular formula is C28H35ClO9S. The maximum absolute atomic E-state index is 12.0. The summed E-state index contributed by atoms with van der Waals surface area (Å²) in [5, 5.41) is 0.557. The minimum atomic E-state index is -4.01. The molecule has 3 rings (SSSR count). The van der Waals surface area contributed by atoms with Gasteiger partial charge in [-0.3, -0.25) is 14.1 Å². The molecule has 0 aliphatic carbocycles. The Balaban J connectivity index is 1.80. The molecule has 0 saturated carbocycles. The summed E-state index contributed by atoms with van der Waals surface area (Å²) in [6, 6.07) is 12.8. The van der Waals surface area contributed by atoms with Gasteiger partial charge in [-0.15, -0.1) is 0 Å². The molecule has 214 valence electrons. The molecule has 1 heterocycles. The lowest BCUT2D eigenvalue weighted by Gasteiger charge is -2.44. The number of ether oxygens (including phenoxy) is 4. The molecule has 0 unspecified atom stereocenters. The lowest BCUT2D eigenvalue weighted by Crippen LogP contribution is -2.52. The number of benzene rings is 2. The van der Waals surface area contributed by atoms with Gasteiger partial charge in [-0.2, -0.15) is 8.42 Å². The second kappa shape index (κ2) is 13.6. The molecule has 1 saturated heterocycles. The first-order valence-electron chi connectivity index (χ1n) is 12.8. The van der Waals surface area contributed by atoms with Gasteiger partial charge in [0.15, 0.2) is 6.10 Å². The summed E-state index contributed by atoms with van der Waals surface area (Å²) in [6.45, 7) is 6.71. The van der Waals surface area contributed by atoms with E-state index < -0.39 is 40.4 Å². The minimum Gasteiger partial charge on any atom is -0.494 e. The Morgan fingerprint density at radius 3 is 2.26 bits per heavy atom. The van der Waals surface area contributed by atoms with Crippen LogP contribution in [0.3, 0.4) is 0 Å². The van der Waals surface area contributed by atoms with Crippen LogP contribution < -0.4 is 4.74 Å². The van der Waals surface area contributed by atoms with Crippen LogP contribution in [0.1, 0.15) is 63.3 Å². The van der Waals surface area contributed by atoms with E-state index in [0.717, 1.165) is 16.7 Å². The van der Waals surface area contributed by atoms with E-state index in [2.05, 4.69) is 0 Å². The van der Waals surface area contributed by atoms with Crippen molar-refractivity contribution in [2.75, 3.05) is 12.4 Å². The summed E-state index contributed by atoms with van der Waals surface area (Å²) in [5.41, 5.74) is 2.54. The predicted octanol–water partition coefficient (Wildman–Crippen LogP) is 4.94. The van der Waals surface area contributed by atoms with Crippen molar-refractivity contribution in [3.63, 3.8) is 0 Å². The van der Waals surface area contributed by atoms with E-state index >= 15 is 0 Å². The van der Waals surface area contributed by atoms with Crippen molar-refractivity contribution in [3.8, 4) is 5.75 Å². The first kappa shape index (κ1) is 30.9. The van der Waals surface area contributed by atoms with E-state index in [0.29, 0.717) is 23.6 Å². The third kappa shape index (κ3) is 8.93. The van der Waals surface area contributed by atoms with Gasteiger partial charge in [-0.1, -0.05) is 49.7 Å². The van der Waals surface area contributed by atoms with Gasteiger partial charge in [0.25, 0.3) is 10.1 Å². The van der Waals surface area contributed by atoms with E-state index in [1.807, 2.05) is 38.1 Å². The fourth-order valence-corrected chi connectivity index (χ4v) is 5.42. The fourth-order valence-electron chi connectivity index (χ4n) is 4.76. The molecule has 5 atom stereocenters. The predicted molar refractivity (Wildman–Crippen MR) is 145 cm³/mol. The third-order valence-corrected chi connectivity index (χ3v) is 7.76. The second-order valence-corrected chi connectivity index (χ2v) is 11.6. The number of carbonyl (C=O) groups excluding carboxylic acids is 2. The Labute approximate surface area is 234 Å². The van der Waals surface area contributed by atoms with Crippen LogP contribution in [0.4, 0.5) is 0 Å². The molecule has 1 fully saturated rings. The summed E-state index contributed by atoms with van der Waals surface area (Å²) >= 11 is 6.55. The quantitative estimate of drug-likeness (QED) is 0.223. The molecule has 9 nitrogen and oxygen atoms in total. The zero-order valence-corrected chi connectivity index (χ0v) is 24.0. The van der Waals surface area contributed by atoms with E-state index in [1.165, 1.54) is 13.8 Å². The van der Waals surface area contributed by atoms with Gasteiger partial charge in [0, 0.05) is 24.8 Å². The Hall–Kier alpha value is -2.66. The summed E-state index contributed by atoms with van der Waals surface area (Å²) < 4.78 is 53.7. The van der Waals surface area contributed by atoms with Crippen LogP contribution in [0.5, 0.6) is 5.75 Å². The maximum atomic E-state index is 12.0. The summed E-state index contributed by atoms with van der Waals surface area (Å²) in [5.74, 6) is -0.919. The Morgan fingerprint density at radius 2 is 1.67 bits per heavy atom. The van der Waals surface area contributed by atoms with Gasteiger partial charge in [-0.25, -0.2) is 0 Å². The largest absolute Gasteiger partial charge is 0.494 e. The molecule has 0 radical (unpaired) electrons. The number of hydrogen-bond acceptors (Lipinski definition) is 8. The van der Waals surface area contributed by atoms with E-state index in [1.54, 1.807) is 18.2 Å². The normalized spacial score (nSPS) is 23.2. The zero-order valence-electron chi connectivity index (χ0n) is 22.5. The molecule has 0 amide bonds. The van der Waals surface area contributed by atoms with Crippen molar-refractivity contribution in [1.82, 2.24) is 0 Å². The van der Waals surface area contributed by atoms with Gasteiger partial charge in [0.05, 0.1) is 18.5 Å². The molecule has 0 bridgehead atoms. The molecule has 39 heavy (non-hydrogen) atoms. The average molecular weight is 583 g/mol. The van der Waals surface area contributed by atoms with Crippen molar-refractivity contribution < 1.29 is 41.5 Å². The van der Waals surface area contributed by atoms with E-state index in [4.69, 9.17) is 35.1 Å². The van der Waals surface area contributed by atoms with E-state index in [9.17, 15) is 18.0 Å². The van der Waals surface area contributed by atoms with Crippen LogP contribution in [0.15, 0.2) is 42.5 Å². The fraction of sp³-hybridized carbons (Fsp3) is 0.500. The number of halogens is 1. The van der Waals surface area contributed by atoms with Crippen molar-refractivity contribution in [2.45, 2.75) is 71.4 Å². The molecular weight excluding hydrogens is 548 g/mol. The monoisotopic (exact) mass is 582 g/mol. The van der Waals surface area contributed by atoms with Crippen LogP contribution in [0.25, 0.3) is 0 Å². The topological polar surface area (TPSA) is 125 Å². The maximum Gasteiger partial charge on any atom is 0.303 e. The molecule has 11 heteroatoms. The molecule has 1 N–H and O–H groups in total. The van der Waals surface area contributed by atoms with Crippen molar-refractivity contribution in [2.24, 2.45) is 5.92 Å². The number of hydrogen-bond donors (Lipinski definition) is 1. The highest BCUT2D eigenvalue weighted by atomic mass is 35.5. The van der Waals surface area contributed by atoms with Crippen LogP contribution in [0.2, 0.25) is 5.02 Å². The first-order valence-corrected chi connectivity index (χ1v) is 14.8. The summed E-state index contributed by atoms with van der Waals surface area (Å²) in [4.78, 5) is 23.9. The van der Waals surface area contributed by atoms with Gasteiger partial charge >= 0.3 is 11.9 Å². The molecule has 1 aliphatic heterocycles. The standard InChI is InChI=1S/C28H35ClO9S/c1-5-25-17(2)26(36-18(3)30)28(37-19(4)31)27(38-25)21-9-12-24(29)22(16-21)15-20-7-10-23(11-8-20)35-13-6-14-39(32,33)34/h7-12,16-17,25-28H,5-6,13-15H2,1-4H3,(H,32,33,34)/t17-,25-,26+,27+,28-/m1/s1. The molecule has 2 aromatic rings. The van der Waals surface area contributed by atoms with Crippen molar-refractivity contribution in [1.29, 1.82) is 0 Å². The summed E-state index contributed by atoms with van der Waals surface area (Å²) in [6.07, 6.45) is -0.996. The van der Waals surface area contributed by atoms with Crippen molar-refractivity contribution in [3.05, 3.63) is 64.2 Å². The zero-order chi connectivity index (χ0) is 28.7. The Morgan fingerprint density at radius 1 is 1.03 bits per heavy atom. The Kier molecular flexibility index (Phi) is 10.8. The highest BCUT2D eigenvalue weighted by Gasteiger charge is 2.47. The highest BCUT2D eigenvalue weighted by Crippen LogP contribution is 2.40. The van der Waals surface area contributed by atoms with Crippen LogP contribution in [-0.4, -0.2) is 55.6 Å². The average Bonchev–Trinajstić information content (AvgIpc) is 2.85. The number of carbonyl (C=O) groups is 2. The lowest BCUT2D eigenvalue weighted by molar-refractivity contribution is -0.225. The summed E-state index contributed by atoms with van der Waals surface area (Å²) in [7, 11) is -4.01. The first-order chi connectivity index (χ1) is 18.4. The van der Waals surface area contributed by atoms with Crippen LogP contribution in [-0.2, 0) is 40.3 Å².